The molecule has 2 aliphatic carbocycles. The zero-order chi connectivity index (χ0) is 14.3. The number of hydrogen-bond acceptors (Lipinski definition) is 2. The molecule has 110 valence electrons. The van der Waals surface area contributed by atoms with Gasteiger partial charge in [0.15, 0.2) is 5.67 Å². The van der Waals surface area contributed by atoms with E-state index in [2.05, 4.69) is 4.90 Å². The third-order valence-corrected chi connectivity index (χ3v) is 4.82. The summed E-state index contributed by atoms with van der Waals surface area (Å²) in [4.78, 5) is 16.0. The number of halogens is 2. The van der Waals surface area contributed by atoms with E-state index in [-0.39, 0.29) is 25.2 Å². The summed E-state index contributed by atoms with van der Waals surface area (Å²) in [5.41, 5.74) is -3.52. The first kappa shape index (κ1) is 14.7. The van der Waals surface area contributed by atoms with Gasteiger partial charge in [-0.2, -0.15) is 0 Å². The molecular weight excluding hydrogens is 250 g/mol. The number of carbonyl (C=O) groups is 1. The van der Waals surface area contributed by atoms with E-state index in [1.165, 1.54) is 0 Å². The van der Waals surface area contributed by atoms with E-state index < -0.39 is 17.3 Å². The highest BCUT2D eigenvalue weighted by molar-refractivity contribution is 5.82. The minimum atomic E-state index is -1.84. The standard InChI is InChI=1S/C12H18F2N2O.C2H6/c1-15-4-6-16(7-5-15)10(17)9-8-11(13)2-3-12(9,11)14;1-2/h9H,2-8H2,1H3;1-2H3. The molecule has 0 spiro atoms. The fourth-order valence-electron chi connectivity index (χ4n) is 3.28. The number of hydrogen-bond donors (Lipinski definition) is 0. The topological polar surface area (TPSA) is 23.6 Å². The van der Waals surface area contributed by atoms with Crippen molar-refractivity contribution in [3.63, 3.8) is 0 Å². The highest BCUT2D eigenvalue weighted by Crippen LogP contribution is 2.65. The number of rotatable bonds is 1. The molecule has 0 bridgehead atoms. The van der Waals surface area contributed by atoms with Gasteiger partial charge in [-0.05, 0) is 26.3 Å². The Kier molecular flexibility index (Phi) is 3.87. The van der Waals surface area contributed by atoms with Crippen LogP contribution in [0, 0.1) is 5.92 Å². The van der Waals surface area contributed by atoms with Gasteiger partial charge in [0, 0.05) is 26.2 Å². The first-order valence-electron chi connectivity index (χ1n) is 7.31. The van der Waals surface area contributed by atoms with E-state index in [1.807, 2.05) is 20.9 Å². The van der Waals surface area contributed by atoms with Crippen LogP contribution in [0.15, 0.2) is 0 Å². The van der Waals surface area contributed by atoms with E-state index in [9.17, 15) is 13.6 Å². The van der Waals surface area contributed by atoms with Crippen molar-refractivity contribution in [3.8, 4) is 0 Å². The van der Waals surface area contributed by atoms with Crippen molar-refractivity contribution in [1.82, 2.24) is 9.80 Å². The van der Waals surface area contributed by atoms with Crippen LogP contribution in [0.4, 0.5) is 8.78 Å². The number of piperazine rings is 1. The van der Waals surface area contributed by atoms with E-state index in [0.717, 1.165) is 13.1 Å². The second-order valence-corrected chi connectivity index (χ2v) is 5.71. The van der Waals surface area contributed by atoms with Crippen LogP contribution in [0.25, 0.3) is 0 Å². The molecule has 3 nitrogen and oxygen atoms in total. The maximum atomic E-state index is 14.2. The van der Waals surface area contributed by atoms with Gasteiger partial charge in [0.25, 0.3) is 0 Å². The molecular formula is C14H24F2N2O. The van der Waals surface area contributed by atoms with Crippen LogP contribution in [0.3, 0.4) is 0 Å². The average molecular weight is 274 g/mol. The van der Waals surface area contributed by atoms with Gasteiger partial charge in [0.1, 0.15) is 5.67 Å². The molecule has 2 saturated carbocycles. The highest BCUT2D eigenvalue weighted by atomic mass is 19.2. The molecule has 3 aliphatic rings. The smallest absolute Gasteiger partial charge is 0.229 e. The molecule has 3 fully saturated rings. The lowest BCUT2D eigenvalue weighted by molar-refractivity contribution is -0.246. The summed E-state index contributed by atoms with van der Waals surface area (Å²) in [7, 11) is 2.00. The van der Waals surface area contributed by atoms with Crippen molar-refractivity contribution in [2.45, 2.75) is 44.4 Å². The van der Waals surface area contributed by atoms with Gasteiger partial charge in [-0.25, -0.2) is 8.78 Å². The monoisotopic (exact) mass is 274 g/mol. The lowest BCUT2D eigenvalue weighted by Gasteiger charge is -2.62. The summed E-state index contributed by atoms with van der Waals surface area (Å²) < 4.78 is 27.9. The van der Waals surface area contributed by atoms with Gasteiger partial charge in [-0.3, -0.25) is 4.79 Å². The largest absolute Gasteiger partial charge is 0.340 e. The Bertz CT molecular complexity index is 357. The first-order chi connectivity index (χ1) is 8.96. The quantitative estimate of drug-likeness (QED) is 0.730. The normalized spacial score (nSPS) is 41.3. The Morgan fingerprint density at radius 1 is 1.11 bits per heavy atom. The van der Waals surface area contributed by atoms with Crippen molar-refractivity contribution in [1.29, 1.82) is 0 Å². The minimum absolute atomic E-state index is 0.0919. The fourth-order valence-corrected chi connectivity index (χ4v) is 3.28. The predicted octanol–water partition coefficient (Wildman–Crippen LogP) is 2.02. The number of nitrogens with zero attached hydrogens (tertiary/aromatic N) is 2. The molecule has 3 unspecified atom stereocenters. The Morgan fingerprint density at radius 2 is 1.68 bits per heavy atom. The van der Waals surface area contributed by atoms with Crippen molar-refractivity contribution < 1.29 is 13.6 Å². The predicted molar refractivity (Wildman–Crippen MR) is 70.4 cm³/mol. The van der Waals surface area contributed by atoms with Gasteiger partial charge in [-0.1, -0.05) is 13.8 Å². The molecule has 19 heavy (non-hydrogen) atoms. The maximum Gasteiger partial charge on any atom is 0.229 e. The molecule has 0 aromatic heterocycles. The van der Waals surface area contributed by atoms with Gasteiger partial charge in [-0.15, -0.1) is 0 Å². The van der Waals surface area contributed by atoms with Crippen LogP contribution in [-0.2, 0) is 4.79 Å². The van der Waals surface area contributed by atoms with Gasteiger partial charge < -0.3 is 9.80 Å². The summed E-state index contributed by atoms with van der Waals surface area (Å²) >= 11 is 0. The van der Waals surface area contributed by atoms with Crippen LogP contribution in [0.2, 0.25) is 0 Å². The Hall–Kier alpha value is -0.710. The third-order valence-electron chi connectivity index (χ3n) is 4.82. The third kappa shape index (κ3) is 2.06. The van der Waals surface area contributed by atoms with E-state index >= 15 is 0 Å². The number of amides is 1. The van der Waals surface area contributed by atoms with Crippen molar-refractivity contribution in [2.75, 3.05) is 33.2 Å². The maximum absolute atomic E-state index is 14.2. The summed E-state index contributed by atoms with van der Waals surface area (Å²) in [6, 6.07) is 0. The van der Waals surface area contributed by atoms with Crippen molar-refractivity contribution >= 4 is 5.91 Å². The molecule has 0 aromatic carbocycles. The summed E-state index contributed by atoms with van der Waals surface area (Å²) in [6.45, 7) is 6.92. The van der Waals surface area contributed by atoms with Crippen LogP contribution >= 0.6 is 0 Å². The number of carbonyl (C=O) groups excluding carboxylic acids is 1. The molecule has 1 saturated heterocycles. The molecule has 1 amide bonds. The minimum Gasteiger partial charge on any atom is -0.340 e. The highest BCUT2D eigenvalue weighted by Gasteiger charge is 2.76. The summed E-state index contributed by atoms with van der Waals surface area (Å²) in [5, 5.41) is 0. The number of likely N-dealkylation sites (N-methyl/N-ethyl adjacent to an activating group) is 1. The van der Waals surface area contributed by atoms with Crippen LogP contribution in [0.1, 0.15) is 33.1 Å². The summed E-state index contributed by atoms with van der Waals surface area (Å²) in [5.74, 6) is -0.891. The van der Waals surface area contributed by atoms with Crippen LogP contribution in [-0.4, -0.2) is 60.3 Å². The molecule has 0 N–H and O–H groups in total. The second kappa shape index (κ2) is 5.00. The first-order valence-corrected chi connectivity index (χ1v) is 7.31. The molecule has 1 aliphatic heterocycles. The second-order valence-electron chi connectivity index (χ2n) is 5.71. The van der Waals surface area contributed by atoms with Crippen LogP contribution in [0.5, 0.6) is 0 Å². The average Bonchev–Trinajstić information content (AvgIpc) is 2.45. The SMILES string of the molecule is CC.CN1CCN(C(=O)C2CC3(F)CCC23F)CC1. The van der Waals surface area contributed by atoms with E-state index in [4.69, 9.17) is 0 Å². The molecule has 0 radical (unpaired) electrons. The Labute approximate surface area is 113 Å². The lowest BCUT2D eigenvalue weighted by atomic mass is 9.48. The zero-order valence-corrected chi connectivity index (χ0v) is 12.1. The Balaban J connectivity index is 0.000000637. The number of alkyl halides is 2. The van der Waals surface area contributed by atoms with Crippen molar-refractivity contribution in [2.24, 2.45) is 5.92 Å². The van der Waals surface area contributed by atoms with Crippen LogP contribution < -0.4 is 0 Å². The molecule has 1 heterocycles. The molecule has 3 rings (SSSR count). The van der Waals surface area contributed by atoms with Gasteiger partial charge >= 0.3 is 0 Å². The zero-order valence-electron chi connectivity index (χ0n) is 12.1. The summed E-state index contributed by atoms with van der Waals surface area (Å²) in [6.07, 6.45) is 0.596. The lowest BCUT2D eigenvalue weighted by Crippen LogP contribution is -2.74. The molecule has 5 heteroatoms. The fraction of sp³-hybridized carbons (Fsp3) is 0.929. The Morgan fingerprint density at radius 3 is 2.05 bits per heavy atom. The van der Waals surface area contributed by atoms with E-state index in [0.29, 0.717) is 13.1 Å². The molecule has 3 atom stereocenters. The van der Waals surface area contributed by atoms with Crippen molar-refractivity contribution in [3.05, 3.63) is 0 Å². The van der Waals surface area contributed by atoms with Gasteiger partial charge in [0.2, 0.25) is 5.91 Å². The van der Waals surface area contributed by atoms with E-state index in [1.54, 1.807) is 4.90 Å². The number of fused-ring (bicyclic) bond motifs is 1. The van der Waals surface area contributed by atoms with Gasteiger partial charge in [0.05, 0.1) is 5.92 Å². The molecule has 0 aromatic rings.